The highest BCUT2D eigenvalue weighted by molar-refractivity contribution is 6.04. The van der Waals surface area contributed by atoms with E-state index < -0.39 is 23.7 Å². The second-order valence-electron chi connectivity index (χ2n) is 5.90. The molecule has 134 valence electrons. The van der Waals surface area contributed by atoms with Crippen molar-refractivity contribution in [2.45, 2.75) is 12.5 Å². The van der Waals surface area contributed by atoms with Crippen molar-refractivity contribution >= 4 is 23.5 Å². The van der Waals surface area contributed by atoms with Gasteiger partial charge in [-0.15, -0.1) is 0 Å². The van der Waals surface area contributed by atoms with E-state index in [1.165, 1.54) is 41.1 Å². The van der Waals surface area contributed by atoms with E-state index in [1.54, 1.807) is 12.1 Å². The number of hydrogen-bond donors (Lipinski definition) is 1. The Balaban J connectivity index is 1.77. The van der Waals surface area contributed by atoms with Crippen LogP contribution in [0, 0.1) is 5.82 Å². The second-order valence-corrected chi connectivity index (χ2v) is 5.90. The Morgan fingerprint density at radius 3 is 2.62 bits per heavy atom. The molecule has 26 heavy (non-hydrogen) atoms. The van der Waals surface area contributed by atoms with Crippen LogP contribution in [0.1, 0.15) is 27.3 Å². The van der Waals surface area contributed by atoms with Crippen LogP contribution >= 0.6 is 0 Å². The Bertz CT molecular complexity index is 869. The summed E-state index contributed by atoms with van der Waals surface area (Å²) in [7, 11) is 1.49. The number of carboxylic acid groups (broad SMARTS) is 1. The normalized spacial score (nSPS) is 16.6. The van der Waals surface area contributed by atoms with Crippen molar-refractivity contribution in [2.24, 2.45) is 0 Å². The summed E-state index contributed by atoms with van der Waals surface area (Å²) in [6.07, 6.45) is 1.53. The molecule has 1 saturated heterocycles. The lowest BCUT2D eigenvalue weighted by molar-refractivity contribution is -0.120. The summed E-state index contributed by atoms with van der Waals surface area (Å²) in [5.41, 5.74) is 0.190. The van der Waals surface area contributed by atoms with Gasteiger partial charge in [0, 0.05) is 19.8 Å². The number of carbonyl (C=O) groups excluding carboxylic acids is 2. The third-order valence-electron chi connectivity index (χ3n) is 4.34. The zero-order chi connectivity index (χ0) is 18.8. The highest BCUT2D eigenvalue weighted by Crippen LogP contribution is 2.26. The molecule has 0 bridgehead atoms. The summed E-state index contributed by atoms with van der Waals surface area (Å²) >= 11 is 0. The monoisotopic (exact) mass is 357 g/mol. The van der Waals surface area contributed by atoms with Gasteiger partial charge in [-0.3, -0.25) is 9.59 Å². The van der Waals surface area contributed by atoms with Crippen molar-refractivity contribution in [3.05, 3.63) is 59.7 Å². The summed E-state index contributed by atoms with van der Waals surface area (Å²) < 4.78 is 13.9. The first kappa shape index (κ1) is 17.5. The van der Waals surface area contributed by atoms with Crippen molar-refractivity contribution in [3.63, 3.8) is 0 Å². The van der Waals surface area contributed by atoms with Gasteiger partial charge in [0.25, 0.3) is 5.91 Å². The summed E-state index contributed by atoms with van der Waals surface area (Å²) in [6, 6.07) is 7.84. The van der Waals surface area contributed by atoms with E-state index in [0.717, 1.165) is 6.20 Å². The number of pyridine rings is 1. The Morgan fingerprint density at radius 1 is 1.27 bits per heavy atom. The van der Waals surface area contributed by atoms with Crippen LogP contribution < -0.4 is 4.90 Å². The lowest BCUT2D eigenvalue weighted by atomic mass is 10.1. The first-order chi connectivity index (χ1) is 12.4. The van der Waals surface area contributed by atoms with Crippen LogP contribution in [0.25, 0.3) is 0 Å². The van der Waals surface area contributed by atoms with Crippen molar-refractivity contribution < 1.29 is 23.9 Å². The number of amides is 2. The van der Waals surface area contributed by atoms with Crippen LogP contribution in [0.3, 0.4) is 0 Å². The van der Waals surface area contributed by atoms with E-state index in [2.05, 4.69) is 4.98 Å². The van der Waals surface area contributed by atoms with Crippen LogP contribution in [0.15, 0.2) is 42.6 Å². The number of carbonyl (C=O) groups is 3. The van der Waals surface area contributed by atoms with Gasteiger partial charge in [-0.05, 0) is 30.7 Å². The minimum atomic E-state index is -1.19. The van der Waals surface area contributed by atoms with Gasteiger partial charge in [0.15, 0.2) is 0 Å². The number of halogens is 1. The summed E-state index contributed by atoms with van der Waals surface area (Å²) in [5.74, 6) is -2.50. The summed E-state index contributed by atoms with van der Waals surface area (Å²) in [4.78, 5) is 42.4. The Kier molecular flexibility index (Phi) is 4.66. The number of aromatic nitrogens is 1. The fourth-order valence-corrected chi connectivity index (χ4v) is 2.93. The molecule has 2 aromatic rings. The number of hydrogen-bond acceptors (Lipinski definition) is 4. The Labute approximate surface area is 148 Å². The molecule has 0 radical (unpaired) electrons. The van der Waals surface area contributed by atoms with Crippen molar-refractivity contribution in [2.75, 3.05) is 18.5 Å². The van der Waals surface area contributed by atoms with Gasteiger partial charge >= 0.3 is 5.97 Å². The number of aromatic carboxylic acids is 1. The maximum atomic E-state index is 13.9. The molecule has 1 aliphatic heterocycles. The largest absolute Gasteiger partial charge is 0.477 e. The van der Waals surface area contributed by atoms with Crippen LogP contribution in [0.5, 0.6) is 0 Å². The molecule has 0 unspecified atom stereocenters. The average molecular weight is 357 g/mol. The predicted molar refractivity (Wildman–Crippen MR) is 90.4 cm³/mol. The number of rotatable bonds is 4. The molecule has 0 aliphatic carbocycles. The van der Waals surface area contributed by atoms with Crippen molar-refractivity contribution in [1.82, 2.24) is 9.88 Å². The second kappa shape index (κ2) is 6.91. The quantitative estimate of drug-likeness (QED) is 0.901. The number of para-hydroxylation sites is 1. The molecular weight excluding hydrogens is 341 g/mol. The number of anilines is 1. The van der Waals surface area contributed by atoms with E-state index in [4.69, 9.17) is 5.11 Å². The number of nitrogens with zero attached hydrogens (tertiary/aromatic N) is 3. The molecular formula is C18H16FN3O4. The average Bonchev–Trinajstić information content (AvgIpc) is 3.02. The fourth-order valence-electron chi connectivity index (χ4n) is 2.93. The maximum absolute atomic E-state index is 13.9. The third-order valence-corrected chi connectivity index (χ3v) is 4.34. The van der Waals surface area contributed by atoms with Gasteiger partial charge in [0.1, 0.15) is 17.6 Å². The van der Waals surface area contributed by atoms with Gasteiger partial charge in [-0.25, -0.2) is 14.2 Å². The molecule has 1 N–H and O–H groups in total. The van der Waals surface area contributed by atoms with E-state index in [0.29, 0.717) is 13.0 Å². The minimum absolute atomic E-state index is 0.174. The zero-order valence-electron chi connectivity index (χ0n) is 13.9. The highest BCUT2D eigenvalue weighted by Gasteiger charge is 2.38. The molecule has 0 spiro atoms. The van der Waals surface area contributed by atoms with Crippen LogP contribution in [0.4, 0.5) is 10.1 Å². The number of likely N-dealkylation sites (N-methyl/N-ethyl adjacent to an activating group) is 1. The van der Waals surface area contributed by atoms with Crippen LogP contribution in [-0.4, -0.2) is 52.4 Å². The van der Waals surface area contributed by atoms with Crippen molar-refractivity contribution in [1.29, 1.82) is 0 Å². The number of benzene rings is 1. The first-order valence-electron chi connectivity index (χ1n) is 7.92. The molecule has 1 atom stereocenters. The molecule has 3 rings (SSSR count). The molecule has 1 aliphatic rings. The molecule has 7 nitrogen and oxygen atoms in total. The third kappa shape index (κ3) is 3.13. The lowest BCUT2D eigenvalue weighted by Crippen LogP contribution is -2.43. The molecule has 1 fully saturated rings. The fraction of sp³-hybridized carbons (Fsp3) is 0.222. The SMILES string of the molecule is CN(C(=O)c1ccc(C(=O)O)nc1)[C@@H]1CCN(c2ccccc2F)C1=O. The lowest BCUT2D eigenvalue weighted by Gasteiger charge is -2.24. The minimum Gasteiger partial charge on any atom is -0.477 e. The topological polar surface area (TPSA) is 90.8 Å². The van der Waals surface area contributed by atoms with Gasteiger partial charge in [-0.1, -0.05) is 12.1 Å². The van der Waals surface area contributed by atoms with E-state index >= 15 is 0 Å². The molecule has 2 heterocycles. The molecule has 1 aromatic heterocycles. The zero-order valence-corrected chi connectivity index (χ0v) is 13.9. The van der Waals surface area contributed by atoms with Gasteiger partial charge in [0.2, 0.25) is 5.91 Å². The maximum Gasteiger partial charge on any atom is 0.354 e. The van der Waals surface area contributed by atoms with Crippen LogP contribution in [-0.2, 0) is 4.79 Å². The van der Waals surface area contributed by atoms with E-state index in [-0.39, 0.29) is 22.9 Å². The molecule has 1 aromatic carbocycles. The smallest absolute Gasteiger partial charge is 0.354 e. The Hall–Kier alpha value is -3.29. The van der Waals surface area contributed by atoms with Gasteiger partial charge in [0.05, 0.1) is 11.3 Å². The highest BCUT2D eigenvalue weighted by atomic mass is 19.1. The van der Waals surface area contributed by atoms with Gasteiger partial charge in [-0.2, -0.15) is 0 Å². The first-order valence-corrected chi connectivity index (χ1v) is 7.92. The molecule has 2 amide bonds. The van der Waals surface area contributed by atoms with E-state index in [9.17, 15) is 18.8 Å². The van der Waals surface area contributed by atoms with Crippen molar-refractivity contribution in [3.8, 4) is 0 Å². The summed E-state index contributed by atoms with van der Waals surface area (Å²) in [6.45, 7) is 0.304. The predicted octanol–water partition coefficient (Wildman–Crippen LogP) is 1.80. The van der Waals surface area contributed by atoms with Crippen LogP contribution in [0.2, 0.25) is 0 Å². The van der Waals surface area contributed by atoms with Gasteiger partial charge < -0.3 is 14.9 Å². The molecule has 8 heteroatoms. The molecule has 0 saturated carbocycles. The Morgan fingerprint density at radius 2 is 2.00 bits per heavy atom. The standard InChI is InChI=1S/C18H16FN3O4/c1-21(16(23)11-6-7-13(18(25)26)20-10-11)15-8-9-22(17(15)24)14-5-3-2-4-12(14)19/h2-7,10,15H,8-9H2,1H3,(H,25,26)/t15-/m1/s1. The van der Waals surface area contributed by atoms with E-state index in [1.807, 2.05) is 0 Å². The number of carboxylic acids is 1. The summed E-state index contributed by atoms with van der Waals surface area (Å²) in [5, 5.41) is 8.85.